The predicted octanol–water partition coefficient (Wildman–Crippen LogP) is 3.61. The Morgan fingerprint density at radius 3 is 2.73 bits per heavy atom. The maximum atomic E-state index is 11.7. The lowest BCUT2D eigenvalue weighted by Crippen LogP contribution is -2.17. The van der Waals surface area contributed by atoms with E-state index in [1.165, 1.54) is 11.8 Å². The number of rotatable bonds is 6. The minimum Gasteiger partial charge on any atom is -0.493 e. The molecule has 1 aromatic carbocycles. The molecular formula is C16H19NO3S2. The van der Waals surface area contributed by atoms with Gasteiger partial charge in [0.15, 0.2) is 11.5 Å². The molecule has 6 heteroatoms. The van der Waals surface area contributed by atoms with E-state index in [1.807, 2.05) is 18.2 Å². The van der Waals surface area contributed by atoms with E-state index in [1.54, 1.807) is 13.2 Å². The maximum absolute atomic E-state index is 11.7. The van der Waals surface area contributed by atoms with E-state index in [0.29, 0.717) is 33.2 Å². The Morgan fingerprint density at radius 1 is 1.36 bits per heavy atom. The van der Waals surface area contributed by atoms with Crippen molar-refractivity contribution in [1.82, 2.24) is 5.32 Å². The number of nitrogens with one attached hydrogen (secondary N) is 1. The van der Waals surface area contributed by atoms with E-state index in [4.69, 9.17) is 21.7 Å². The fourth-order valence-electron chi connectivity index (χ4n) is 1.87. The monoisotopic (exact) mass is 337 g/mol. The number of benzene rings is 1. The number of ether oxygens (including phenoxy) is 2. The average molecular weight is 337 g/mol. The van der Waals surface area contributed by atoms with Crippen molar-refractivity contribution >= 4 is 40.3 Å². The van der Waals surface area contributed by atoms with Gasteiger partial charge in [0, 0.05) is 0 Å². The molecule has 0 aliphatic carbocycles. The second-order valence-corrected chi connectivity index (χ2v) is 7.01. The van der Waals surface area contributed by atoms with Crippen LogP contribution in [0.25, 0.3) is 6.08 Å². The van der Waals surface area contributed by atoms with Crippen LogP contribution in [0.4, 0.5) is 0 Å². The molecule has 0 spiro atoms. The predicted molar refractivity (Wildman–Crippen MR) is 94.3 cm³/mol. The van der Waals surface area contributed by atoms with Crippen molar-refractivity contribution in [3.63, 3.8) is 0 Å². The molecule has 0 unspecified atom stereocenters. The van der Waals surface area contributed by atoms with Crippen LogP contribution in [0.1, 0.15) is 25.8 Å². The van der Waals surface area contributed by atoms with Crippen molar-refractivity contribution < 1.29 is 14.3 Å². The van der Waals surface area contributed by atoms with Crippen molar-refractivity contribution in [2.45, 2.75) is 20.3 Å². The van der Waals surface area contributed by atoms with Crippen LogP contribution in [-0.4, -0.2) is 23.9 Å². The van der Waals surface area contributed by atoms with Crippen LogP contribution in [0.3, 0.4) is 0 Å². The van der Waals surface area contributed by atoms with Crippen LogP contribution in [0, 0.1) is 5.92 Å². The van der Waals surface area contributed by atoms with Crippen LogP contribution in [0.5, 0.6) is 11.5 Å². The Morgan fingerprint density at radius 2 is 2.14 bits per heavy atom. The molecule has 1 heterocycles. The summed E-state index contributed by atoms with van der Waals surface area (Å²) in [6.07, 6.45) is 2.78. The fourth-order valence-corrected chi connectivity index (χ4v) is 2.91. The smallest absolute Gasteiger partial charge is 0.263 e. The van der Waals surface area contributed by atoms with E-state index in [-0.39, 0.29) is 5.91 Å². The molecule has 1 N–H and O–H groups in total. The lowest BCUT2D eigenvalue weighted by Gasteiger charge is -2.12. The summed E-state index contributed by atoms with van der Waals surface area (Å²) in [6, 6.07) is 5.61. The standard InChI is InChI=1S/C16H19NO3S2/c1-10(2)6-7-20-12-5-4-11(8-13(12)19-3)9-14-15(18)17-16(21)22-14/h4-5,8-10H,6-7H2,1-3H3,(H,17,18,21)/b14-9-. The third kappa shape index (κ3) is 4.48. The highest BCUT2D eigenvalue weighted by molar-refractivity contribution is 8.26. The molecule has 1 amide bonds. The molecule has 0 radical (unpaired) electrons. The summed E-state index contributed by atoms with van der Waals surface area (Å²) in [7, 11) is 1.60. The van der Waals surface area contributed by atoms with Crippen LogP contribution < -0.4 is 14.8 Å². The third-order valence-electron chi connectivity index (χ3n) is 3.08. The van der Waals surface area contributed by atoms with Crippen molar-refractivity contribution in [3.8, 4) is 11.5 Å². The van der Waals surface area contributed by atoms with E-state index >= 15 is 0 Å². The van der Waals surface area contributed by atoms with Gasteiger partial charge >= 0.3 is 0 Å². The number of amides is 1. The molecule has 0 aromatic heterocycles. The Labute approximate surface area is 140 Å². The highest BCUT2D eigenvalue weighted by atomic mass is 32.2. The van der Waals surface area contributed by atoms with Gasteiger partial charge in [-0.3, -0.25) is 4.79 Å². The molecule has 1 fully saturated rings. The van der Waals surface area contributed by atoms with Crippen molar-refractivity contribution in [1.29, 1.82) is 0 Å². The molecule has 1 saturated heterocycles. The van der Waals surface area contributed by atoms with Crippen molar-refractivity contribution in [2.75, 3.05) is 13.7 Å². The lowest BCUT2D eigenvalue weighted by molar-refractivity contribution is -0.115. The molecule has 22 heavy (non-hydrogen) atoms. The molecule has 4 nitrogen and oxygen atoms in total. The molecule has 1 aliphatic rings. The quantitative estimate of drug-likeness (QED) is 0.635. The summed E-state index contributed by atoms with van der Waals surface area (Å²) >= 11 is 6.24. The number of hydrogen-bond donors (Lipinski definition) is 1. The number of thioether (sulfide) groups is 1. The van der Waals surface area contributed by atoms with E-state index < -0.39 is 0 Å². The number of methoxy groups -OCH3 is 1. The zero-order chi connectivity index (χ0) is 16.1. The van der Waals surface area contributed by atoms with Gasteiger partial charge < -0.3 is 14.8 Å². The molecule has 2 rings (SSSR count). The zero-order valence-corrected chi connectivity index (χ0v) is 14.5. The van der Waals surface area contributed by atoms with E-state index in [0.717, 1.165) is 12.0 Å². The largest absolute Gasteiger partial charge is 0.493 e. The Bertz CT molecular complexity index is 611. The molecule has 118 valence electrons. The normalized spacial score (nSPS) is 16.3. The van der Waals surface area contributed by atoms with Crippen LogP contribution in [-0.2, 0) is 4.79 Å². The lowest BCUT2D eigenvalue weighted by atomic mass is 10.1. The molecule has 1 aliphatic heterocycles. The highest BCUT2D eigenvalue weighted by Gasteiger charge is 2.22. The molecular weight excluding hydrogens is 318 g/mol. The number of carbonyl (C=O) groups excluding carboxylic acids is 1. The number of hydrogen-bond acceptors (Lipinski definition) is 5. The van der Waals surface area contributed by atoms with Crippen molar-refractivity contribution in [3.05, 3.63) is 28.7 Å². The summed E-state index contributed by atoms with van der Waals surface area (Å²) < 4.78 is 11.6. The van der Waals surface area contributed by atoms with Gasteiger partial charge in [0.1, 0.15) is 4.32 Å². The summed E-state index contributed by atoms with van der Waals surface area (Å²) in [5.41, 5.74) is 0.871. The van der Waals surface area contributed by atoms with Gasteiger partial charge in [0.05, 0.1) is 18.6 Å². The van der Waals surface area contributed by atoms with Crippen LogP contribution >= 0.6 is 24.0 Å². The third-order valence-corrected chi connectivity index (χ3v) is 4.24. The Balaban J connectivity index is 2.13. The Hall–Kier alpha value is -1.53. The molecule has 0 bridgehead atoms. The van der Waals surface area contributed by atoms with Crippen LogP contribution in [0.2, 0.25) is 0 Å². The van der Waals surface area contributed by atoms with Gasteiger partial charge in [-0.15, -0.1) is 0 Å². The van der Waals surface area contributed by atoms with Gasteiger partial charge in [0.2, 0.25) is 0 Å². The highest BCUT2D eigenvalue weighted by Crippen LogP contribution is 2.31. The SMILES string of the molecule is COc1cc(/C=C2\SC(=S)NC2=O)ccc1OCCC(C)C. The second kappa shape index (κ2) is 7.65. The first-order valence-electron chi connectivity index (χ1n) is 7.05. The minimum absolute atomic E-state index is 0.161. The topological polar surface area (TPSA) is 47.6 Å². The molecule has 0 atom stereocenters. The maximum Gasteiger partial charge on any atom is 0.263 e. The summed E-state index contributed by atoms with van der Waals surface area (Å²) in [6.45, 7) is 4.97. The van der Waals surface area contributed by atoms with Gasteiger partial charge in [-0.05, 0) is 36.1 Å². The first kappa shape index (κ1) is 16.8. The van der Waals surface area contributed by atoms with Gasteiger partial charge in [-0.25, -0.2) is 0 Å². The summed E-state index contributed by atoms with van der Waals surface area (Å²) in [5.74, 6) is 1.80. The second-order valence-electron chi connectivity index (χ2n) is 5.29. The minimum atomic E-state index is -0.161. The van der Waals surface area contributed by atoms with Gasteiger partial charge in [-0.2, -0.15) is 0 Å². The fraction of sp³-hybridized carbons (Fsp3) is 0.375. The molecule has 1 aromatic rings. The van der Waals surface area contributed by atoms with Crippen LogP contribution in [0.15, 0.2) is 23.1 Å². The average Bonchev–Trinajstić information content (AvgIpc) is 2.77. The zero-order valence-electron chi connectivity index (χ0n) is 12.8. The van der Waals surface area contributed by atoms with Gasteiger partial charge in [0.25, 0.3) is 5.91 Å². The first-order chi connectivity index (χ1) is 10.5. The van der Waals surface area contributed by atoms with E-state index in [9.17, 15) is 4.79 Å². The molecule has 0 saturated carbocycles. The summed E-state index contributed by atoms with van der Waals surface area (Å²) in [5, 5.41) is 2.60. The number of carbonyl (C=O) groups is 1. The van der Waals surface area contributed by atoms with Crippen molar-refractivity contribution in [2.24, 2.45) is 5.92 Å². The Kier molecular flexibility index (Phi) is 5.85. The number of thiocarbonyl (C=S) groups is 1. The van der Waals surface area contributed by atoms with E-state index in [2.05, 4.69) is 19.2 Å². The van der Waals surface area contributed by atoms with Gasteiger partial charge in [-0.1, -0.05) is 43.9 Å². The summed E-state index contributed by atoms with van der Waals surface area (Å²) in [4.78, 5) is 12.3. The first-order valence-corrected chi connectivity index (χ1v) is 8.27.